The molecule has 8 heteroatoms. The van der Waals surface area contributed by atoms with Crippen molar-refractivity contribution in [3.63, 3.8) is 0 Å². The molecule has 0 bridgehead atoms. The Morgan fingerprint density at radius 1 is 0.882 bits per heavy atom. The normalized spacial score (nSPS) is 13.6. The van der Waals surface area contributed by atoms with Crippen LogP contribution in [0.5, 0.6) is 0 Å². The lowest BCUT2D eigenvalue weighted by Gasteiger charge is -2.26. The van der Waals surface area contributed by atoms with Crippen molar-refractivity contribution in [2.75, 3.05) is 11.9 Å². The molecule has 1 aliphatic rings. The second-order valence-electron chi connectivity index (χ2n) is 8.07. The Hall–Kier alpha value is -4.59. The first kappa shape index (κ1) is 21.3. The van der Waals surface area contributed by atoms with Crippen LogP contribution in [-0.2, 0) is 0 Å². The lowest BCUT2D eigenvalue weighted by atomic mass is 10.1. The molecule has 0 saturated carbocycles. The second kappa shape index (κ2) is 8.40. The van der Waals surface area contributed by atoms with Crippen LogP contribution in [0.1, 0.15) is 49.6 Å². The molecule has 3 amide bonds. The topological polar surface area (TPSA) is 88.4 Å². The van der Waals surface area contributed by atoms with E-state index in [1.54, 1.807) is 71.5 Å². The van der Waals surface area contributed by atoms with Crippen LogP contribution in [0.4, 0.5) is 5.69 Å². The molecule has 0 spiro atoms. The average Bonchev–Trinajstić information content (AvgIpc) is 3.50. The first-order chi connectivity index (χ1) is 16.5. The van der Waals surface area contributed by atoms with E-state index in [2.05, 4.69) is 10.1 Å². The Morgan fingerprint density at radius 3 is 2.18 bits per heavy atom. The van der Waals surface area contributed by atoms with Gasteiger partial charge < -0.3 is 4.90 Å². The summed E-state index contributed by atoms with van der Waals surface area (Å²) in [6.45, 7) is 1.94. The van der Waals surface area contributed by atoms with E-state index in [9.17, 15) is 14.4 Å². The summed E-state index contributed by atoms with van der Waals surface area (Å²) in [6.07, 6.45) is 3.09. The molecule has 1 aromatic heterocycles. The summed E-state index contributed by atoms with van der Waals surface area (Å²) in [5, 5.41) is 4.12. The summed E-state index contributed by atoms with van der Waals surface area (Å²) in [5.74, 6) is -0.995. The number of anilines is 1. The van der Waals surface area contributed by atoms with E-state index in [1.165, 1.54) is 6.33 Å². The van der Waals surface area contributed by atoms with Crippen LogP contribution in [0.15, 0.2) is 85.5 Å². The van der Waals surface area contributed by atoms with Crippen LogP contribution in [-0.4, -0.2) is 44.4 Å². The molecule has 0 fully saturated rings. The van der Waals surface area contributed by atoms with Crippen molar-refractivity contribution in [2.24, 2.45) is 0 Å². The van der Waals surface area contributed by atoms with E-state index in [0.29, 0.717) is 22.4 Å². The van der Waals surface area contributed by atoms with Gasteiger partial charge in [0, 0.05) is 12.6 Å². The molecular weight excluding hydrogens is 430 g/mol. The monoisotopic (exact) mass is 451 g/mol. The number of carbonyl (C=O) groups is 3. The van der Waals surface area contributed by atoms with Crippen molar-refractivity contribution < 1.29 is 14.4 Å². The maximum atomic E-state index is 13.3. The molecule has 1 atom stereocenters. The average molecular weight is 451 g/mol. The molecule has 0 aliphatic carbocycles. The molecule has 5 rings (SSSR count). The zero-order valence-electron chi connectivity index (χ0n) is 18.6. The van der Waals surface area contributed by atoms with Crippen LogP contribution >= 0.6 is 0 Å². The van der Waals surface area contributed by atoms with E-state index in [1.807, 2.05) is 31.2 Å². The predicted octanol–water partition coefficient (Wildman–Crippen LogP) is 3.90. The van der Waals surface area contributed by atoms with Gasteiger partial charge in [-0.15, -0.1) is 0 Å². The molecule has 34 heavy (non-hydrogen) atoms. The third-order valence-corrected chi connectivity index (χ3v) is 6.11. The molecule has 0 radical (unpaired) electrons. The number of hydrogen-bond acceptors (Lipinski definition) is 5. The van der Waals surface area contributed by atoms with Crippen LogP contribution < -0.4 is 4.90 Å². The first-order valence-corrected chi connectivity index (χ1v) is 10.8. The van der Waals surface area contributed by atoms with Crippen LogP contribution in [0, 0.1) is 0 Å². The highest BCUT2D eigenvalue weighted by Gasteiger charge is 2.36. The van der Waals surface area contributed by atoms with E-state index < -0.39 is 0 Å². The van der Waals surface area contributed by atoms with Crippen molar-refractivity contribution >= 4 is 23.4 Å². The zero-order valence-corrected chi connectivity index (χ0v) is 18.6. The quantitative estimate of drug-likeness (QED) is 0.430. The molecule has 2 heterocycles. The maximum absolute atomic E-state index is 13.3. The highest BCUT2D eigenvalue weighted by atomic mass is 16.2. The summed E-state index contributed by atoms with van der Waals surface area (Å²) in [4.78, 5) is 45.6. The summed E-state index contributed by atoms with van der Waals surface area (Å²) in [5.41, 5.74) is 3.32. The van der Waals surface area contributed by atoms with Crippen LogP contribution in [0.2, 0.25) is 0 Å². The number of rotatable bonds is 5. The summed E-state index contributed by atoms with van der Waals surface area (Å²) in [6, 6.07) is 20.8. The molecule has 4 aromatic rings. The SMILES string of the molecule is CC(c1ccc(-n2cncn2)cc1)N(C)C(=O)c1cccc(N2C(=O)c3ccccc3C2=O)c1. The van der Waals surface area contributed by atoms with Gasteiger partial charge in [-0.1, -0.05) is 30.3 Å². The smallest absolute Gasteiger partial charge is 0.266 e. The Kier molecular flexibility index (Phi) is 5.25. The largest absolute Gasteiger partial charge is 0.335 e. The van der Waals surface area contributed by atoms with E-state index in [-0.39, 0.29) is 23.8 Å². The highest BCUT2D eigenvalue weighted by Crippen LogP contribution is 2.29. The molecule has 8 nitrogen and oxygen atoms in total. The lowest BCUT2D eigenvalue weighted by Crippen LogP contribution is -2.31. The van der Waals surface area contributed by atoms with E-state index in [0.717, 1.165) is 16.2 Å². The zero-order chi connectivity index (χ0) is 23.8. The third kappa shape index (κ3) is 3.55. The van der Waals surface area contributed by atoms with Crippen LogP contribution in [0.25, 0.3) is 5.69 Å². The minimum atomic E-state index is -0.389. The van der Waals surface area contributed by atoms with Crippen LogP contribution in [0.3, 0.4) is 0 Å². The second-order valence-corrected chi connectivity index (χ2v) is 8.07. The Bertz CT molecular complexity index is 1360. The van der Waals surface area contributed by atoms with Crippen molar-refractivity contribution in [1.82, 2.24) is 19.7 Å². The standard InChI is InChI=1S/C26H21N5O3/c1-17(18-10-12-20(13-11-18)30-16-27-15-28-30)29(2)24(32)19-6-5-7-21(14-19)31-25(33)22-8-3-4-9-23(22)26(31)34/h3-17H,1-2H3. The van der Waals surface area contributed by atoms with Gasteiger partial charge in [-0.05, 0) is 55.0 Å². The molecule has 0 N–H and O–H groups in total. The third-order valence-electron chi connectivity index (χ3n) is 6.11. The number of fused-ring (bicyclic) bond motifs is 1. The maximum Gasteiger partial charge on any atom is 0.266 e. The number of amides is 3. The fourth-order valence-electron chi connectivity index (χ4n) is 4.05. The van der Waals surface area contributed by atoms with Gasteiger partial charge in [0.15, 0.2) is 0 Å². The van der Waals surface area contributed by atoms with Gasteiger partial charge >= 0.3 is 0 Å². The fraction of sp³-hybridized carbons (Fsp3) is 0.115. The van der Waals surface area contributed by atoms with Gasteiger partial charge in [0.1, 0.15) is 12.7 Å². The van der Waals surface area contributed by atoms with Crippen molar-refractivity contribution in [3.8, 4) is 5.69 Å². The first-order valence-electron chi connectivity index (χ1n) is 10.8. The minimum Gasteiger partial charge on any atom is -0.335 e. The number of nitrogens with zero attached hydrogens (tertiary/aromatic N) is 5. The van der Waals surface area contributed by atoms with E-state index in [4.69, 9.17) is 0 Å². The van der Waals surface area contributed by atoms with Gasteiger partial charge in [-0.25, -0.2) is 14.6 Å². The molecular formula is C26H21N5O3. The highest BCUT2D eigenvalue weighted by molar-refractivity contribution is 6.34. The molecule has 0 saturated heterocycles. The molecule has 1 unspecified atom stereocenters. The van der Waals surface area contributed by atoms with Gasteiger partial charge in [-0.2, -0.15) is 5.10 Å². The Labute approximate surface area is 196 Å². The molecule has 3 aromatic carbocycles. The molecule has 1 aliphatic heterocycles. The number of carbonyl (C=O) groups excluding carboxylic acids is 3. The minimum absolute atomic E-state index is 0.208. The van der Waals surface area contributed by atoms with Gasteiger partial charge in [0.05, 0.1) is 28.5 Å². The number of aromatic nitrogens is 3. The van der Waals surface area contributed by atoms with Crippen molar-refractivity contribution in [2.45, 2.75) is 13.0 Å². The van der Waals surface area contributed by atoms with Crippen molar-refractivity contribution in [1.29, 1.82) is 0 Å². The van der Waals surface area contributed by atoms with Crippen molar-refractivity contribution in [3.05, 3.63) is 108 Å². The molecule has 168 valence electrons. The summed E-state index contributed by atoms with van der Waals surface area (Å²) in [7, 11) is 1.73. The van der Waals surface area contributed by atoms with E-state index >= 15 is 0 Å². The fourth-order valence-corrected chi connectivity index (χ4v) is 4.05. The summed E-state index contributed by atoms with van der Waals surface area (Å²) >= 11 is 0. The number of imide groups is 1. The van der Waals surface area contributed by atoms with Gasteiger partial charge in [-0.3, -0.25) is 14.4 Å². The number of hydrogen-bond donors (Lipinski definition) is 0. The summed E-state index contributed by atoms with van der Waals surface area (Å²) < 4.78 is 1.66. The lowest BCUT2D eigenvalue weighted by molar-refractivity contribution is 0.0741. The van der Waals surface area contributed by atoms with Gasteiger partial charge in [0.2, 0.25) is 0 Å². The Balaban J connectivity index is 1.36. The van der Waals surface area contributed by atoms with Gasteiger partial charge in [0.25, 0.3) is 17.7 Å². The predicted molar refractivity (Wildman–Crippen MR) is 126 cm³/mol. The number of benzene rings is 3. The Morgan fingerprint density at radius 2 is 1.56 bits per heavy atom.